The van der Waals surface area contributed by atoms with Gasteiger partial charge in [0.2, 0.25) is 0 Å². The molecule has 1 saturated heterocycles. The summed E-state index contributed by atoms with van der Waals surface area (Å²) in [6, 6.07) is -0.0615. The topological polar surface area (TPSA) is 87.7 Å². The van der Waals surface area contributed by atoms with Crippen molar-refractivity contribution in [2.75, 3.05) is 13.2 Å². The fourth-order valence-corrected chi connectivity index (χ4v) is 3.95. The lowest BCUT2D eigenvalue weighted by atomic mass is 9.78. The standard InChI is InChI=1S/C18H32N2O4/c1-18(2,3)15-13(5-4-10-24-15)11-19-17(23)20-14-8-6-12(7-9-14)16(21)22/h12-15H,4-11H2,1-3H3,(H,21,22)(H2,19,20,23). The number of carbonyl (C=O) groups excluding carboxylic acids is 1. The molecule has 24 heavy (non-hydrogen) atoms. The van der Waals surface area contributed by atoms with Crippen LogP contribution < -0.4 is 10.6 Å². The van der Waals surface area contributed by atoms with E-state index in [0.29, 0.717) is 25.3 Å². The minimum Gasteiger partial charge on any atom is -0.481 e. The fraction of sp³-hybridized carbons (Fsp3) is 0.889. The van der Waals surface area contributed by atoms with E-state index in [9.17, 15) is 9.59 Å². The summed E-state index contributed by atoms with van der Waals surface area (Å²) >= 11 is 0. The van der Waals surface area contributed by atoms with Crippen LogP contribution in [0.15, 0.2) is 0 Å². The average molecular weight is 340 g/mol. The number of ether oxygens (including phenoxy) is 1. The van der Waals surface area contributed by atoms with Gasteiger partial charge in [0.15, 0.2) is 0 Å². The summed E-state index contributed by atoms with van der Waals surface area (Å²) in [5.74, 6) is -0.631. The van der Waals surface area contributed by atoms with Crippen LogP contribution in [-0.2, 0) is 9.53 Å². The highest BCUT2D eigenvalue weighted by atomic mass is 16.5. The normalized spacial score (nSPS) is 31.3. The third-order valence-electron chi connectivity index (χ3n) is 5.23. The molecule has 1 heterocycles. The zero-order valence-electron chi connectivity index (χ0n) is 15.1. The van der Waals surface area contributed by atoms with E-state index in [2.05, 4.69) is 31.4 Å². The molecule has 2 rings (SSSR count). The van der Waals surface area contributed by atoms with Crippen LogP contribution in [0.1, 0.15) is 59.3 Å². The number of hydrogen-bond acceptors (Lipinski definition) is 3. The van der Waals surface area contributed by atoms with Gasteiger partial charge < -0.3 is 20.5 Å². The van der Waals surface area contributed by atoms with E-state index in [1.807, 2.05) is 0 Å². The van der Waals surface area contributed by atoms with Crippen molar-refractivity contribution in [2.24, 2.45) is 17.3 Å². The van der Waals surface area contributed by atoms with Crippen molar-refractivity contribution in [1.29, 1.82) is 0 Å². The van der Waals surface area contributed by atoms with Crippen molar-refractivity contribution in [3.63, 3.8) is 0 Å². The molecule has 0 radical (unpaired) electrons. The number of carboxylic acids is 1. The SMILES string of the molecule is CC(C)(C)C1OCCCC1CNC(=O)NC1CCC(C(=O)O)CC1. The third kappa shape index (κ3) is 5.36. The van der Waals surface area contributed by atoms with Gasteiger partial charge in [-0.1, -0.05) is 20.8 Å². The van der Waals surface area contributed by atoms with Gasteiger partial charge >= 0.3 is 12.0 Å². The van der Waals surface area contributed by atoms with Crippen molar-refractivity contribution >= 4 is 12.0 Å². The molecule has 6 nitrogen and oxygen atoms in total. The smallest absolute Gasteiger partial charge is 0.315 e. The highest BCUT2D eigenvalue weighted by molar-refractivity contribution is 5.74. The number of carbonyl (C=O) groups is 2. The summed E-state index contributed by atoms with van der Waals surface area (Å²) < 4.78 is 5.94. The monoisotopic (exact) mass is 340 g/mol. The number of nitrogens with one attached hydrogen (secondary N) is 2. The second-order valence-electron chi connectivity index (χ2n) is 8.30. The Balaban J connectivity index is 1.74. The second-order valence-corrected chi connectivity index (χ2v) is 8.30. The molecule has 0 aromatic rings. The first kappa shape index (κ1) is 19.0. The Morgan fingerprint density at radius 2 is 1.79 bits per heavy atom. The zero-order chi connectivity index (χ0) is 17.7. The minimum absolute atomic E-state index is 0.0679. The third-order valence-corrected chi connectivity index (χ3v) is 5.23. The molecule has 0 spiro atoms. The van der Waals surface area contributed by atoms with Gasteiger partial charge in [0, 0.05) is 25.1 Å². The van der Waals surface area contributed by atoms with Crippen molar-refractivity contribution < 1.29 is 19.4 Å². The summed E-state index contributed by atoms with van der Waals surface area (Å²) in [6.07, 6.45) is 5.04. The number of hydrogen-bond donors (Lipinski definition) is 3. The molecule has 1 aliphatic carbocycles. The Kier molecular flexibility index (Phi) is 6.49. The molecule has 6 heteroatoms. The number of carboxylic acid groups (broad SMARTS) is 1. The number of aliphatic carboxylic acids is 1. The van der Waals surface area contributed by atoms with Crippen LogP contribution in [0.5, 0.6) is 0 Å². The van der Waals surface area contributed by atoms with Crippen LogP contribution in [0.2, 0.25) is 0 Å². The van der Waals surface area contributed by atoms with Gasteiger partial charge in [0.05, 0.1) is 12.0 Å². The molecular weight excluding hydrogens is 308 g/mol. The molecule has 1 saturated carbocycles. The van der Waals surface area contributed by atoms with Crippen LogP contribution in [0, 0.1) is 17.3 Å². The van der Waals surface area contributed by atoms with E-state index in [0.717, 1.165) is 32.3 Å². The summed E-state index contributed by atoms with van der Waals surface area (Å²) in [6.45, 7) is 7.96. The largest absolute Gasteiger partial charge is 0.481 e. The summed E-state index contributed by atoms with van der Waals surface area (Å²) in [5.41, 5.74) is 0.0679. The van der Waals surface area contributed by atoms with E-state index in [1.165, 1.54) is 0 Å². The summed E-state index contributed by atoms with van der Waals surface area (Å²) in [4.78, 5) is 23.1. The molecule has 2 fully saturated rings. The average Bonchev–Trinajstić information content (AvgIpc) is 2.53. The number of rotatable bonds is 4. The zero-order valence-corrected chi connectivity index (χ0v) is 15.1. The van der Waals surface area contributed by atoms with Crippen LogP contribution in [0.25, 0.3) is 0 Å². The lowest BCUT2D eigenvalue weighted by Gasteiger charge is -2.40. The predicted molar refractivity (Wildman–Crippen MR) is 91.8 cm³/mol. The quantitative estimate of drug-likeness (QED) is 0.734. The maximum absolute atomic E-state index is 12.1. The summed E-state index contributed by atoms with van der Waals surface area (Å²) in [7, 11) is 0. The highest BCUT2D eigenvalue weighted by Gasteiger charge is 2.35. The first-order chi connectivity index (χ1) is 11.3. The Morgan fingerprint density at radius 3 is 2.38 bits per heavy atom. The van der Waals surface area contributed by atoms with Crippen LogP contribution in [0.3, 0.4) is 0 Å². The first-order valence-electron chi connectivity index (χ1n) is 9.16. The second kappa shape index (κ2) is 8.19. The maximum atomic E-state index is 12.1. The van der Waals surface area contributed by atoms with Gasteiger partial charge in [-0.05, 0) is 43.9 Å². The molecule has 2 aliphatic rings. The van der Waals surface area contributed by atoms with Gasteiger partial charge in [-0.2, -0.15) is 0 Å². The fourth-order valence-electron chi connectivity index (χ4n) is 3.95. The molecule has 2 atom stereocenters. The molecular formula is C18H32N2O4. The molecule has 0 aromatic carbocycles. The Hall–Kier alpha value is -1.30. The van der Waals surface area contributed by atoms with E-state index in [-0.39, 0.29) is 29.5 Å². The lowest BCUT2D eigenvalue weighted by molar-refractivity contribution is -0.142. The van der Waals surface area contributed by atoms with Gasteiger partial charge in [0.1, 0.15) is 0 Å². The van der Waals surface area contributed by atoms with E-state index < -0.39 is 5.97 Å². The Labute approximate surface area is 144 Å². The molecule has 3 N–H and O–H groups in total. The van der Waals surface area contributed by atoms with Crippen LogP contribution in [0.4, 0.5) is 4.79 Å². The summed E-state index contributed by atoms with van der Waals surface area (Å²) in [5, 5.41) is 15.0. The number of amides is 2. The van der Waals surface area contributed by atoms with Gasteiger partial charge in [-0.3, -0.25) is 4.79 Å². The molecule has 138 valence electrons. The first-order valence-corrected chi connectivity index (χ1v) is 9.16. The van der Waals surface area contributed by atoms with Crippen molar-refractivity contribution in [2.45, 2.75) is 71.4 Å². The van der Waals surface area contributed by atoms with Crippen LogP contribution in [-0.4, -0.2) is 42.4 Å². The predicted octanol–water partition coefficient (Wildman–Crippen LogP) is 2.77. The van der Waals surface area contributed by atoms with Gasteiger partial charge in [-0.25, -0.2) is 4.79 Å². The van der Waals surface area contributed by atoms with Gasteiger partial charge in [0.25, 0.3) is 0 Å². The molecule has 2 unspecified atom stereocenters. The van der Waals surface area contributed by atoms with E-state index >= 15 is 0 Å². The van der Waals surface area contributed by atoms with E-state index in [1.54, 1.807) is 0 Å². The molecule has 1 aliphatic heterocycles. The minimum atomic E-state index is -0.719. The molecule has 0 bridgehead atoms. The highest BCUT2D eigenvalue weighted by Crippen LogP contribution is 2.33. The van der Waals surface area contributed by atoms with Gasteiger partial charge in [-0.15, -0.1) is 0 Å². The van der Waals surface area contributed by atoms with E-state index in [4.69, 9.17) is 9.84 Å². The Morgan fingerprint density at radius 1 is 1.12 bits per heavy atom. The lowest BCUT2D eigenvalue weighted by Crippen LogP contribution is -2.49. The maximum Gasteiger partial charge on any atom is 0.315 e. The van der Waals surface area contributed by atoms with Crippen molar-refractivity contribution in [1.82, 2.24) is 10.6 Å². The molecule has 0 aromatic heterocycles. The van der Waals surface area contributed by atoms with Crippen LogP contribution >= 0.6 is 0 Å². The number of urea groups is 1. The Bertz CT molecular complexity index is 439. The van der Waals surface area contributed by atoms with Crippen molar-refractivity contribution in [3.8, 4) is 0 Å². The molecule has 2 amide bonds. The van der Waals surface area contributed by atoms with Crippen molar-refractivity contribution in [3.05, 3.63) is 0 Å².